The predicted octanol–water partition coefficient (Wildman–Crippen LogP) is 2.78. The first-order valence-corrected chi connectivity index (χ1v) is 10.8. The number of H-pyrrole nitrogens is 1. The second kappa shape index (κ2) is 8.81. The van der Waals surface area contributed by atoms with Gasteiger partial charge in [0.05, 0.1) is 10.9 Å². The number of nitrogens with one attached hydrogen (secondary N) is 2. The number of hydrogen-bond donors (Lipinski definition) is 2. The van der Waals surface area contributed by atoms with E-state index < -0.39 is 0 Å². The van der Waals surface area contributed by atoms with Crippen molar-refractivity contribution >= 4 is 22.6 Å². The number of piperidine rings is 1. The van der Waals surface area contributed by atoms with Crippen LogP contribution in [0, 0.1) is 5.92 Å². The Morgan fingerprint density at radius 3 is 2.80 bits per heavy atom. The van der Waals surface area contributed by atoms with Crippen molar-refractivity contribution in [3.05, 3.63) is 52.2 Å². The number of pyridine rings is 2. The predicted molar refractivity (Wildman–Crippen MR) is 115 cm³/mol. The Balaban J connectivity index is 1.48. The number of hydrogen-bond acceptors (Lipinski definition) is 4. The number of amides is 2. The molecule has 30 heavy (non-hydrogen) atoms. The van der Waals surface area contributed by atoms with Crippen molar-refractivity contribution in [3.63, 3.8) is 0 Å². The summed E-state index contributed by atoms with van der Waals surface area (Å²) in [5, 5.41) is 4.03. The Bertz CT molecular complexity index is 1030. The highest BCUT2D eigenvalue weighted by Gasteiger charge is 2.29. The van der Waals surface area contributed by atoms with E-state index in [-0.39, 0.29) is 23.4 Å². The zero-order valence-corrected chi connectivity index (χ0v) is 17.3. The normalized spacial score (nSPS) is 22.0. The minimum atomic E-state index is -0.270. The summed E-state index contributed by atoms with van der Waals surface area (Å²) < 4.78 is 0. The monoisotopic (exact) mass is 408 g/mol. The number of carbonyl (C=O) groups excluding carboxylic acids is 2. The molecule has 2 amide bonds. The van der Waals surface area contributed by atoms with Crippen LogP contribution in [0.2, 0.25) is 0 Å². The fraction of sp³-hybridized carbons (Fsp3) is 0.478. The number of aromatic amines is 1. The Morgan fingerprint density at radius 1 is 1.20 bits per heavy atom. The Morgan fingerprint density at radius 2 is 2.00 bits per heavy atom. The number of nitrogens with zero attached hydrogens (tertiary/aromatic N) is 2. The standard InChI is InChI=1S/C23H28N4O3/c1-15-9-17(14-27(13-15)21(28)10-16-5-3-2-4-6-16)26-23(30)20-12-25-22(29)19-11-24-8-7-18(19)20/h7-8,10-12,15,17H,2-6,9,13-14H2,1H3,(H,25,29)(H,26,30)/t15-,17-/m0/s1. The van der Waals surface area contributed by atoms with Crippen molar-refractivity contribution < 1.29 is 9.59 Å². The minimum Gasteiger partial charge on any atom is -0.347 e. The van der Waals surface area contributed by atoms with Gasteiger partial charge in [0, 0.05) is 49.2 Å². The van der Waals surface area contributed by atoms with Crippen molar-refractivity contribution in [2.24, 2.45) is 5.92 Å². The molecule has 2 aliphatic rings. The average molecular weight is 409 g/mol. The third kappa shape index (κ3) is 4.45. The van der Waals surface area contributed by atoms with E-state index in [0.717, 1.165) is 32.1 Å². The van der Waals surface area contributed by atoms with Gasteiger partial charge in [-0.25, -0.2) is 0 Å². The first-order chi connectivity index (χ1) is 14.5. The van der Waals surface area contributed by atoms with Crippen LogP contribution in [0.5, 0.6) is 0 Å². The highest BCUT2D eigenvalue weighted by Crippen LogP contribution is 2.24. The molecule has 0 spiro atoms. The molecule has 2 aromatic rings. The summed E-state index contributed by atoms with van der Waals surface area (Å²) in [5.74, 6) is 0.104. The van der Waals surface area contributed by atoms with Gasteiger partial charge in [-0.3, -0.25) is 19.4 Å². The molecule has 0 bridgehead atoms. The van der Waals surface area contributed by atoms with Crippen LogP contribution in [0.4, 0.5) is 0 Å². The van der Waals surface area contributed by atoms with Crippen LogP contribution >= 0.6 is 0 Å². The average Bonchev–Trinajstić information content (AvgIpc) is 2.74. The van der Waals surface area contributed by atoms with E-state index in [1.807, 2.05) is 11.0 Å². The van der Waals surface area contributed by atoms with E-state index in [0.29, 0.717) is 35.3 Å². The lowest BCUT2D eigenvalue weighted by Gasteiger charge is -2.36. The zero-order valence-electron chi connectivity index (χ0n) is 17.3. The van der Waals surface area contributed by atoms with E-state index in [1.54, 1.807) is 12.3 Å². The largest absolute Gasteiger partial charge is 0.347 e. The first kappa shape index (κ1) is 20.3. The van der Waals surface area contributed by atoms with Crippen molar-refractivity contribution in [2.45, 2.75) is 51.5 Å². The Labute approximate surface area is 175 Å². The summed E-state index contributed by atoms with van der Waals surface area (Å²) in [6.45, 7) is 3.32. The lowest BCUT2D eigenvalue weighted by Crippen LogP contribution is -2.52. The second-order valence-electron chi connectivity index (χ2n) is 8.57. The van der Waals surface area contributed by atoms with E-state index in [9.17, 15) is 14.4 Å². The van der Waals surface area contributed by atoms with Gasteiger partial charge in [0.1, 0.15) is 0 Å². The van der Waals surface area contributed by atoms with E-state index >= 15 is 0 Å². The summed E-state index contributed by atoms with van der Waals surface area (Å²) in [7, 11) is 0. The molecule has 7 nitrogen and oxygen atoms in total. The molecule has 1 aliphatic heterocycles. The summed E-state index contributed by atoms with van der Waals surface area (Å²) >= 11 is 0. The lowest BCUT2D eigenvalue weighted by atomic mass is 9.93. The van der Waals surface area contributed by atoms with Gasteiger partial charge in [-0.1, -0.05) is 18.9 Å². The SMILES string of the molecule is C[C@H]1C[C@H](NC(=O)c2c[nH]c(=O)c3cnccc23)CN(C(=O)C=C2CCCCC2)C1. The summed E-state index contributed by atoms with van der Waals surface area (Å²) in [6.07, 6.45) is 12.7. The molecule has 2 atom stereocenters. The van der Waals surface area contributed by atoms with Gasteiger partial charge >= 0.3 is 0 Å². The van der Waals surface area contributed by atoms with E-state index in [2.05, 4.69) is 22.2 Å². The number of aromatic nitrogens is 2. The molecule has 1 saturated heterocycles. The molecule has 2 aromatic heterocycles. The number of carbonyl (C=O) groups is 2. The first-order valence-electron chi connectivity index (χ1n) is 10.8. The van der Waals surface area contributed by atoms with Crippen LogP contribution in [-0.4, -0.2) is 45.8 Å². The lowest BCUT2D eigenvalue weighted by molar-refractivity contribution is -0.128. The third-order valence-electron chi connectivity index (χ3n) is 6.08. The maximum absolute atomic E-state index is 13.0. The molecule has 3 heterocycles. The van der Waals surface area contributed by atoms with Gasteiger partial charge in [0.2, 0.25) is 5.91 Å². The second-order valence-corrected chi connectivity index (χ2v) is 8.57. The van der Waals surface area contributed by atoms with Crippen molar-refractivity contribution in [3.8, 4) is 0 Å². The highest BCUT2D eigenvalue weighted by atomic mass is 16.2. The quantitative estimate of drug-likeness (QED) is 0.764. The summed E-state index contributed by atoms with van der Waals surface area (Å²) in [4.78, 5) is 46.2. The fourth-order valence-corrected chi connectivity index (χ4v) is 4.61. The van der Waals surface area contributed by atoms with Gasteiger partial charge in [-0.05, 0) is 44.1 Å². The maximum Gasteiger partial charge on any atom is 0.257 e. The smallest absolute Gasteiger partial charge is 0.257 e. The Kier molecular flexibility index (Phi) is 5.97. The number of rotatable bonds is 3. The molecule has 2 fully saturated rings. The van der Waals surface area contributed by atoms with Crippen LogP contribution in [0.1, 0.15) is 55.8 Å². The number of allylic oxidation sites excluding steroid dienone is 1. The van der Waals surface area contributed by atoms with Crippen molar-refractivity contribution in [2.75, 3.05) is 13.1 Å². The van der Waals surface area contributed by atoms with Crippen molar-refractivity contribution in [1.29, 1.82) is 0 Å². The molecule has 1 saturated carbocycles. The van der Waals surface area contributed by atoms with Crippen molar-refractivity contribution in [1.82, 2.24) is 20.2 Å². The van der Waals surface area contributed by atoms with Gasteiger partial charge in [0.15, 0.2) is 0 Å². The molecule has 1 aliphatic carbocycles. The highest BCUT2D eigenvalue weighted by molar-refractivity contribution is 6.06. The van der Waals surface area contributed by atoms with Gasteiger partial charge < -0.3 is 15.2 Å². The summed E-state index contributed by atoms with van der Waals surface area (Å²) in [5.41, 5.74) is 1.39. The molecule has 2 N–H and O–H groups in total. The van der Waals surface area contributed by atoms with E-state index in [4.69, 9.17) is 0 Å². The molecule has 0 unspecified atom stereocenters. The Hall–Kier alpha value is -2.96. The molecular weight excluding hydrogens is 380 g/mol. The third-order valence-corrected chi connectivity index (χ3v) is 6.08. The molecule has 7 heteroatoms. The zero-order chi connectivity index (χ0) is 21.1. The minimum absolute atomic E-state index is 0.0539. The molecule has 0 aromatic carbocycles. The molecule has 4 rings (SSSR count). The maximum atomic E-state index is 13.0. The van der Waals surface area contributed by atoms with Crippen LogP contribution in [0.25, 0.3) is 10.8 Å². The van der Waals surface area contributed by atoms with Gasteiger partial charge in [-0.2, -0.15) is 0 Å². The van der Waals surface area contributed by atoms with Crippen LogP contribution in [0.15, 0.2) is 41.1 Å². The van der Waals surface area contributed by atoms with E-state index in [1.165, 1.54) is 24.4 Å². The van der Waals surface area contributed by atoms with Crippen LogP contribution in [-0.2, 0) is 4.79 Å². The van der Waals surface area contributed by atoms with Crippen LogP contribution in [0.3, 0.4) is 0 Å². The number of likely N-dealkylation sites (tertiary alicyclic amines) is 1. The topological polar surface area (TPSA) is 95.2 Å². The summed E-state index contributed by atoms with van der Waals surface area (Å²) in [6, 6.07) is 1.55. The molecule has 0 radical (unpaired) electrons. The molecular formula is C23H28N4O3. The molecule has 158 valence electrons. The fourth-order valence-electron chi connectivity index (χ4n) is 4.61. The van der Waals surface area contributed by atoms with Gasteiger partial charge in [0.25, 0.3) is 11.5 Å². The number of fused-ring (bicyclic) bond motifs is 1. The van der Waals surface area contributed by atoms with Crippen LogP contribution < -0.4 is 10.9 Å². The van der Waals surface area contributed by atoms with Gasteiger partial charge in [-0.15, -0.1) is 0 Å².